The third-order valence-electron chi connectivity index (χ3n) is 3.55. The molecule has 1 aromatic rings. The van der Waals surface area contributed by atoms with Gasteiger partial charge in [0.2, 0.25) is 0 Å². The highest BCUT2D eigenvalue weighted by Crippen LogP contribution is 2.34. The van der Waals surface area contributed by atoms with Gasteiger partial charge in [-0.1, -0.05) is 11.6 Å². The van der Waals surface area contributed by atoms with E-state index in [0.29, 0.717) is 12.1 Å². The molecule has 0 bridgehead atoms. The largest absolute Gasteiger partial charge is 0.367 e. The lowest BCUT2D eigenvalue weighted by Crippen LogP contribution is -2.45. The second-order valence-corrected chi connectivity index (χ2v) is 4.84. The Morgan fingerprint density at radius 1 is 1.56 bits per heavy atom. The normalized spacial score (nSPS) is 21.0. The summed E-state index contributed by atoms with van der Waals surface area (Å²) in [6.45, 7) is 5.49. The van der Waals surface area contributed by atoms with Crippen LogP contribution in [0.2, 0.25) is 5.02 Å². The molecular formula is C13H19ClN2. The number of hydrogen-bond acceptors (Lipinski definition) is 2. The van der Waals surface area contributed by atoms with E-state index < -0.39 is 0 Å². The maximum absolute atomic E-state index is 6.04. The van der Waals surface area contributed by atoms with E-state index >= 15 is 0 Å². The van der Waals surface area contributed by atoms with Gasteiger partial charge < -0.3 is 10.2 Å². The van der Waals surface area contributed by atoms with Crippen LogP contribution in [0, 0.1) is 0 Å². The second-order valence-electron chi connectivity index (χ2n) is 4.41. The first-order valence-corrected chi connectivity index (χ1v) is 6.27. The lowest BCUT2D eigenvalue weighted by molar-refractivity contribution is 0.476. The average Bonchev–Trinajstić information content (AvgIpc) is 2.65. The number of anilines is 1. The number of benzene rings is 1. The van der Waals surface area contributed by atoms with Gasteiger partial charge in [0.15, 0.2) is 0 Å². The van der Waals surface area contributed by atoms with Crippen LogP contribution in [0.1, 0.15) is 19.4 Å². The molecule has 88 valence electrons. The molecule has 2 atom stereocenters. The lowest BCUT2D eigenvalue weighted by Gasteiger charge is -2.30. The molecule has 0 radical (unpaired) electrons. The van der Waals surface area contributed by atoms with Gasteiger partial charge in [0.05, 0.1) is 0 Å². The van der Waals surface area contributed by atoms with Crippen molar-refractivity contribution in [3.05, 3.63) is 28.8 Å². The van der Waals surface area contributed by atoms with Gasteiger partial charge in [-0.2, -0.15) is 0 Å². The van der Waals surface area contributed by atoms with Gasteiger partial charge in [0, 0.05) is 29.3 Å². The van der Waals surface area contributed by atoms with Crippen molar-refractivity contribution in [3.8, 4) is 0 Å². The summed E-state index contributed by atoms with van der Waals surface area (Å²) in [5, 5.41) is 4.19. The summed E-state index contributed by atoms with van der Waals surface area (Å²) in [6.07, 6.45) is 1.09. The van der Waals surface area contributed by atoms with E-state index in [-0.39, 0.29) is 0 Å². The number of fused-ring (bicyclic) bond motifs is 1. The summed E-state index contributed by atoms with van der Waals surface area (Å²) < 4.78 is 0. The second kappa shape index (κ2) is 4.64. The standard InChI is InChI=1S/C13H19ClN2/c1-4-16-12-6-5-11(14)7-10(12)8-13(16)9(2)15-3/h5-7,9,13,15H,4,8H2,1-3H3. The van der Waals surface area contributed by atoms with Crippen LogP contribution in [0.5, 0.6) is 0 Å². The maximum Gasteiger partial charge on any atom is 0.0481 e. The number of nitrogens with zero attached hydrogens (tertiary/aromatic N) is 1. The van der Waals surface area contributed by atoms with Crippen LogP contribution >= 0.6 is 11.6 Å². The van der Waals surface area contributed by atoms with E-state index in [1.54, 1.807) is 0 Å². The van der Waals surface area contributed by atoms with Crippen LogP contribution < -0.4 is 10.2 Å². The number of nitrogens with one attached hydrogen (secondary N) is 1. The summed E-state index contributed by atoms with van der Waals surface area (Å²) in [5.74, 6) is 0. The molecule has 2 nitrogen and oxygen atoms in total. The van der Waals surface area contributed by atoms with Crippen LogP contribution in [0.4, 0.5) is 5.69 Å². The molecular weight excluding hydrogens is 220 g/mol. The Bertz CT molecular complexity index is 378. The average molecular weight is 239 g/mol. The zero-order valence-corrected chi connectivity index (χ0v) is 10.9. The van der Waals surface area contributed by atoms with Crippen LogP contribution in [0.3, 0.4) is 0 Å². The molecule has 1 aliphatic heterocycles. The molecule has 1 N–H and O–H groups in total. The molecule has 2 rings (SSSR count). The minimum Gasteiger partial charge on any atom is -0.367 e. The van der Waals surface area contributed by atoms with Crippen molar-refractivity contribution in [2.45, 2.75) is 32.4 Å². The molecule has 3 heteroatoms. The van der Waals surface area contributed by atoms with Crippen LogP contribution in [-0.2, 0) is 6.42 Å². The Kier molecular flexibility index (Phi) is 3.41. The molecule has 1 heterocycles. The Morgan fingerprint density at radius 2 is 2.31 bits per heavy atom. The molecule has 0 fully saturated rings. The fourth-order valence-electron chi connectivity index (χ4n) is 2.56. The van der Waals surface area contributed by atoms with E-state index in [0.717, 1.165) is 18.0 Å². The SMILES string of the molecule is CCN1c2ccc(Cl)cc2CC1C(C)NC. The van der Waals surface area contributed by atoms with Gasteiger partial charge in [-0.3, -0.25) is 0 Å². The first-order chi connectivity index (χ1) is 7.67. The minimum absolute atomic E-state index is 0.492. The zero-order valence-electron chi connectivity index (χ0n) is 10.1. The van der Waals surface area contributed by atoms with Gasteiger partial charge in [0.1, 0.15) is 0 Å². The Balaban J connectivity index is 2.32. The molecule has 2 unspecified atom stereocenters. The number of rotatable bonds is 3. The Hall–Kier alpha value is -0.730. The van der Waals surface area contributed by atoms with Crippen LogP contribution in [0.25, 0.3) is 0 Å². The van der Waals surface area contributed by atoms with Gasteiger partial charge in [-0.15, -0.1) is 0 Å². The molecule has 0 amide bonds. The number of likely N-dealkylation sites (N-methyl/N-ethyl adjacent to an activating group) is 2. The predicted octanol–water partition coefficient (Wildman–Crippen LogP) is 2.70. The van der Waals surface area contributed by atoms with Crippen LogP contribution in [0.15, 0.2) is 18.2 Å². The number of halogens is 1. The van der Waals surface area contributed by atoms with E-state index in [2.05, 4.69) is 36.2 Å². The summed E-state index contributed by atoms with van der Waals surface area (Å²) in [7, 11) is 2.02. The molecule has 0 aliphatic carbocycles. The van der Waals surface area contributed by atoms with Gasteiger partial charge >= 0.3 is 0 Å². The topological polar surface area (TPSA) is 15.3 Å². The fraction of sp³-hybridized carbons (Fsp3) is 0.538. The highest BCUT2D eigenvalue weighted by Gasteiger charge is 2.31. The summed E-state index contributed by atoms with van der Waals surface area (Å²) >= 11 is 6.04. The van der Waals surface area contributed by atoms with E-state index in [9.17, 15) is 0 Å². The minimum atomic E-state index is 0.492. The first-order valence-electron chi connectivity index (χ1n) is 5.89. The highest BCUT2D eigenvalue weighted by atomic mass is 35.5. The van der Waals surface area contributed by atoms with Crippen molar-refractivity contribution in [2.75, 3.05) is 18.5 Å². The summed E-state index contributed by atoms with van der Waals surface area (Å²) in [5.41, 5.74) is 2.72. The van der Waals surface area contributed by atoms with E-state index in [1.165, 1.54) is 11.3 Å². The van der Waals surface area contributed by atoms with E-state index in [1.807, 2.05) is 13.1 Å². The third kappa shape index (κ3) is 1.92. The highest BCUT2D eigenvalue weighted by molar-refractivity contribution is 6.30. The third-order valence-corrected chi connectivity index (χ3v) is 3.79. The van der Waals surface area contributed by atoms with Crippen molar-refractivity contribution in [1.29, 1.82) is 0 Å². The molecule has 1 aliphatic rings. The molecule has 16 heavy (non-hydrogen) atoms. The van der Waals surface area contributed by atoms with Crippen molar-refractivity contribution in [1.82, 2.24) is 5.32 Å². The molecule has 1 aromatic carbocycles. The maximum atomic E-state index is 6.04. The number of hydrogen-bond donors (Lipinski definition) is 1. The zero-order chi connectivity index (χ0) is 11.7. The fourth-order valence-corrected chi connectivity index (χ4v) is 2.75. The quantitative estimate of drug-likeness (QED) is 0.871. The predicted molar refractivity (Wildman–Crippen MR) is 70.5 cm³/mol. The monoisotopic (exact) mass is 238 g/mol. The van der Waals surface area contributed by atoms with Crippen molar-refractivity contribution in [2.24, 2.45) is 0 Å². The van der Waals surface area contributed by atoms with Crippen LogP contribution in [-0.4, -0.2) is 25.7 Å². The first kappa shape index (κ1) is 11.7. The summed E-state index contributed by atoms with van der Waals surface area (Å²) in [6, 6.07) is 7.26. The van der Waals surface area contributed by atoms with Crippen molar-refractivity contribution >= 4 is 17.3 Å². The van der Waals surface area contributed by atoms with Crippen molar-refractivity contribution < 1.29 is 0 Å². The lowest BCUT2D eigenvalue weighted by atomic mass is 10.0. The van der Waals surface area contributed by atoms with Crippen molar-refractivity contribution in [3.63, 3.8) is 0 Å². The molecule has 0 spiro atoms. The molecule has 0 aromatic heterocycles. The smallest absolute Gasteiger partial charge is 0.0481 e. The Labute approximate surface area is 103 Å². The van der Waals surface area contributed by atoms with Gasteiger partial charge in [0.25, 0.3) is 0 Å². The van der Waals surface area contributed by atoms with Gasteiger partial charge in [-0.05, 0) is 51.1 Å². The Morgan fingerprint density at radius 3 is 2.94 bits per heavy atom. The molecule has 0 saturated heterocycles. The van der Waals surface area contributed by atoms with E-state index in [4.69, 9.17) is 11.6 Å². The van der Waals surface area contributed by atoms with Gasteiger partial charge in [-0.25, -0.2) is 0 Å². The summed E-state index contributed by atoms with van der Waals surface area (Å²) in [4.78, 5) is 2.47. The molecule has 0 saturated carbocycles.